The van der Waals surface area contributed by atoms with E-state index >= 15 is 0 Å². The Morgan fingerprint density at radius 1 is 1.03 bits per heavy atom. The molecule has 0 heterocycles. The van der Waals surface area contributed by atoms with Crippen molar-refractivity contribution in [2.75, 3.05) is 0 Å². The third-order valence-electron chi connectivity index (χ3n) is 11.6. The first-order valence-electron chi connectivity index (χ1n) is 13.8. The molecule has 7 heteroatoms. The van der Waals surface area contributed by atoms with Gasteiger partial charge < -0.3 is 20.4 Å². The number of aliphatic hydroxyl groups excluding tert-OH is 2. The van der Waals surface area contributed by atoms with Crippen LogP contribution in [-0.2, 0) is 14.4 Å². The number of hydrogen-bond acceptors (Lipinski definition) is 7. The minimum absolute atomic E-state index is 0.00750. The monoisotopic (exact) mass is 518 g/mol. The molecule has 0 aromatic rings. The third-order valence-corrected chi connectivity index (χ3v) is 11.6. The molecule has 7 nitrogen and oxygen atoms in total. The van der Waals surface area contributed by atoms with E-state index in [1.807, 2.05) is 27.7 Å². The Bertz CT molecular complexity index is 1050. The van der Waals surface area contributed by atoms with Crippen molar-refractivity contribution in [2.45, 2.75) is 117 Å². The lowest BCUT2D eigenvalue weighted by atomic mass is 9.38. The van der Waals surface area contributed by atoms with E-state index in [2.05, 4.69) is 13.0 Å². The number of carbonyl (C=O) groups excluding carboxylic acids is 3. The molecule has 0 amide bonds. The highest BCUT2D eigenvalue weighted by molar-refractivity contribution is 5.93. The van der Waals surface area contributed by atoms with Gasteiger partial charge in [-0.25, -0.2) is 0 Å². The van der Waals surface area contributed by atoms with E-state index in [1.54, 1.807) is 13.8 Å². The molecule has 3 saturated carbocycles. The lowest BCUT2D eigenvalue weighted by Gasteiger charge is -2.64. The van der Waals surface area contributed by atoms with Crippen molar-refractivity contribution in [3.05, 3.63) is 11.6 Å². The van der Waals surface area contributed by atoms with Gasteiger partial charge in [0.05, 0.1) is 11.7 Å². The second-order valence-corrected chi connectivity index (χ2v) is 14.6. The zero-order chi connectivity index (χ0) is 28.1. The van der Waals surface area contributed by atoms with Crippen molar-refractivity contribution >= 4 is 17.3 Å². The van der Waals surface area contributed by atoms with Crippen LogP contribution in [0.25, 0.3) is 0 Å². The van der Waals surface area contributed by atoms with Crippen LogP contribution < -0.4 is 0 Å². The number of aliphatic hydroxyl groups is 4. The van der Waals surface area contributed by atoms with Crippen molar-refractivity contribution < 1.29 is 34.8 Å². The summed E-state index contributed by atoms with van der Waals surface area (Å²) in [6, 6.07) is 0. The van der Waals surface area contributed by atoms with E-state index in [0.29, 0.717) is 12.8 Å². The maximum atomic E-state index is 14.2. The predicted octanol–water partition coefficient (Wildman–Crippen LogP) is 3.15. The number of hydrogen-bond donors (Lipinski definition) is 4. The summed E-state index contributed by atoms with van der Waals surface area (Å²) >= 11 is 0. The molecular formula is C30H46O7. The summed E-state index contributed by atoms with van der Waals surface area (Å²) in [5.41, 5.74) is -5.00. The lowest BCUT2D eigenvalue weighted by molar-refractivity contribution is -0.184. The molecule has 3 fully saturated rings. The fourth-order valence-corrected chi connectivity index (χ4v) is 9.20. The SMILES string of the molecule is CC(C)(O)CCC(=O)C(C)(O)[C@H]1[C@H](O)C[C@@]2(C)[C@@H]3CC=C4[C@@H](CC(=O)[C@H](O)C4(C)C)C3(C)C(=O)C[C@]12C. The summed E-state index contributed by atoms with van der Waals surface area (Å²) < 4.78 is 0. The van der Waals surface area contributed by atoms with Crippen LogP contribution in [0.1, 0.15) is 93.9 Å². The number of rotatable bonds is 5. The van der Waals surface area contributed by atoms with E-state index in [0.717, 1.165) is 5.57 Å². The first-order valence-corrected chi connectivity index (χ1v) is 13.8. The van der Waals surface area contributed by atoms with Crippen LogP contribution in [0.4, 0.5) is 0 Å². The first kappa shape index (κ1) is 28.6. The van der Waals surface area contributed by atoms with Crippen molar-refractivity contribution in [1.29, 1.82) is 0 Å². The van der Waals surface area contributed by atoms with E-state index in [1.165, 1.54) is 6.92 Å². The molecule has 4 aliphatic carbocycles. The summed E-state index contributed by atoms with van der Waals surface area (Å²) in [6.07, 6.45) is 1.28. The van der Waals surface area contributed by atoms with Gasteiger partial charge in [0, 0.05) is 36.0 Å². The van der Waals surface area contributed by atoms with Crippen LogP contribution in [0.2, 0.25) is 0 Å². The molecule has 2 unspecified atom stereocenters. The first-order chi connectivity index (χ1) is 16.7. The molecular weight excluding hydrogens is 472 g/mol. The molecule has 4 aliphatic rings. The van der Waals surface area contributed by atoms with E-state index < -0.39 is 56.8 Å². The summed E-state index contributed by atoms with van der Waals surface area (Å²) in [5, 5.41) is 43.9. The van der Waals surface area contributed by atoms with Gasteiger partial charge in [0.2, 0.25) is 0 Å². The molecule has 208 valence electrons. The summed E-state index contributed by atoms with van der Waals surface area (Å²) in [7, 11) is 0. The normalized spacial score (nSPS) is 44.9. The van der Waals surface area contributed by atoms with Gasteiger partial charge in [-0.1, -0.05) is 46.3 Å². The molecule has 0 aromatic heterocycles. The van der Waals surface area contributed by atoms with Gasteiger partial charge in [-0.2, -0.15) is 0 Å². The van der Waals surface area contributed by atoms with Gasteiger partial charge in [-0.15, -0.1) is 0 Å². The van der Waals surface area contributed by atoms with E-state index in [4.69, 9.17) is 0 Å². The average Bonchev–Trinajstić information content (AvgIpc) is 2.96. The summed E-state index contributed by atoms with van der Waals surface area (Å²) in [5.74, 6) is -2.05. The molecule has 0 saturated heterocycles. The van der Waals surface area contributed by atoms with E-state index in [-0.39, 0.29) is 49.1 Å². The van der Waals surface area contributed by atoms with Crippen molar-refractivity contribution in [3.8, 4) is 0 Å². The highest BCUT2D eigenvalue weighted by Crippen LogP contribution is 2.74. The smallest absolute Gasteiger partial charge is 0.164 e. The minimum atomic E-state index is -1.87. The average molecular weight is 519 g/mol. The fraction of sp³-hybridized carbons (Fsp3) is 0.833. The third kappa shape index (κ3) is 3.78. The van der Waals surface area contributed by atoms with Gasteiger partial charge in [0.1, 0.15) is 17.5 Å². The predicted molar refractivity (Wildman–Crippen MR) is 138 cm³/mol. The molecule has 4 rings (SSSR count). The van der Waals surface area contributed by atoms with Gasteiger partial charge in [-0.05, 0) is 62.7 Å². The zero-order valence-electron chi connectivity index (χ0n) is 23.7. The van der Waals surface area contributed by atoms with Crippen LogP contribution >= 0.6 is 0 Å². The van der Waals surface area contributed by atoms with Gasteiger partial charge in [-0.3, -0.25) is 14.4 Å². The topological polar surface area (TPSA) is 132 Å². The van der Waals surface area contributed by atoms with Gasteiger partial charge in [0.25, 0.3) is 0 Å². The van der Waals surface area contributed by atoms with Crippen molar-refractivity contribution in [2.24, 2.45) is 39.4 Å². The molecule has 0 radical (unpaired) electrons. The van der Waals surface area contributed by atoms with Crippen LogP contribution in [0.3, 0.4) is 0 Å². The molecule has 0 bridgehead atoms. The zero-order valence-corrected chi connectivity index (χ0v) is 23.7. The molecule has 37 heavy (non-hydrogen) atoms. The Morgan fingerprint density at radius 2 is 1.62 bits per heavy atom. The molecule has 0 aromatic carbocycles. The summed E-state index contributed by atoms with van der Waals surface area (Å²) in [4.78, 5) is 40.4. The number of fused-ring (bicyclic) bond motifs is 5. The number of Topliss-reactive ketones (excluding diaryl/α,β-unsaturated/α-hetero) is 3. The van der Waals surface area contributed by atoms with Crippen LogP contribution in [0.5, 0.6) is 0 Å². The maximum absolute atomic E-state index is 14.2. The number of ketones is 3. The Kier molecular flexibility index (Phi) is 6.41. The van der Waals surface area contributed by atoms with E-state index in [9.17, 15) is 34.8 Å². The Balaban J connectivity index is 1.77. The van der Waals surface area contributed by atoms with Crippen LogP contribution in [0, 0.1) is 39.4 Å². The number of allylic oxidation sites excluding steroid dienone is 1. The van der Waals surface area contributed by atoms with Crippen molar-refractivity contribution in [3.63, 3.8) is 0 Å². The van der Waals surface area contributed by atoms with Gasteiger partial charge in [0.15, 0.2) is 11.6 Å². The largest absolute Gasteiger partial charge is 0.393 e. The van der Waals surface area contributed by atoms with Crippen LogP contribution in [-0.4, -0.2) is 61.2 Å². The molecule has 0 spiro atoms. The van der Waals surface area contributed by atoms with Gasteiger partial charge >= 0.3 is 0 Å². The highest BCUT2D eigenvalue weighted by atomic mass is 16.3. The van der Waals surface area contributed by atoms with Crippen molar-refractivity contribution in [1.82, 2.24) is 0 Å². The minimum Gasteiger partial charge on any atom is -0.393 e. The molecule has 4 N–H and O–H groups in total. The second kappa shape index (κ2) is 8.30. The quantitative estimate of drug-likeness (QED) is 0.411. The Hall–Kier alpha value is -1.41. The standard InChI is InChI=1S/C30H46O7/c1-25(2,36)12-11-21(33)30(8,37)23-19(32)14-27(5)20-10-9-16-17(13-18(31)24(35)26(16,3)4)29(20,7)22(34)15-28(23,27)6/h9,17,19-20,23-24,32,35-37H,10-15H2,1-8H3/t17-,19-,20+,23+,24+,27+,28-,29?,30?/m1/s1. The maximum Gasteiger partial charge on any atom is 0.164 e. The summed E-state index contributed by atoms with van der Waals surface area (Å²) in [6.45, 7) is 14.4. The molecule has 9 atom stereocenters. The Labute approximate surface area is 220 Å². The van der Waals surface area contributed by atoms with Crippen LogP contribution in [0.15, 0.2) is 11.6 Å². The second-order valence-electron chi connectivity index (χ2n) is 14.6. The number of carbonyl (C=O) groups is 3. The Morgan fingerprint density at radius 3 is 2.19 bits per heavy atom. The highest BCUT2D eigenvalue weighted by Gasteiger charge is 2.74. The molecule has 0 aliphatic heterocycles. The lowest BCUT2D eigenvalue weighted by Crippen LogP contribution is -2.65. The fourth-order valence-electron chi connectivity index (χ4n) is 9.20.